The smallest absolute Gasteiger partial charge is 0.423 e. The van der Waals surface area contributed by atoms with Crippen LogP contribution in [0.3, 0.4) is 0 Å². The maximum atomic E-state index is 12.7. The molecule has 3 atom stereocenters. The van der Waals surface area contributed by atoms with Crippen molar-refractivity contribution in [2.24, 2.45) is 17.8 Å². The molecule has 0 spiro atoms. The number of hydrogen-bond donors (Lipinski definition) is 3. The van der Waals surface area contributed by atoms with Crippen molar-refractivity contribution in [2.75, 3.05) is 5.32 Å². The molecule has 0 heterocycles. The van der Waals surface area contributed by atoms with Gasteiger partial charge in [-0.25, -0.2) is 0 Å². The summed E-state index contributed by atoms with van der Waals surface area (Å²) in [4.78, 5) is 24.8. The van der Waals surface area contributed by atoms with Crippen molar-refractivity contribution >= 4 is 30.0 Å². The van der Waals surface area contributed by atoms with Gasteiger partial charge in [0.05, 0.1) is 0 Å². The van der Waals surface area contributed by atoms with Gasteiger partial charge < -0.3 is 15.4 Å². The van der Waals surface area contributed by atoms with E-state index in [-0.39, 0.29) is 17.6 Å². The van der Waals surface area contributed by atoms with Gasteiger partial charge >= 0.3 is 7.12 Å². The summed E-state index contributed by atoms with van der Waals surface area (Å²) in [7, 11) is -1.58. The zero-order valence-corrected chi connectivity index (χ0v) is 15.9. The predicted octanol–water partition coefficient (Wildman–Crippen LogP) is 2.20. The lowest BCUT2D eigenvalue weighted by Gasteiger charge is -2.19. The second kappa shape index (κ2) is 7.83. The molecule has 27 heavy (non-hydrogen) atoms. The Morgan fingerprint density at radius 3 is 2.70 bits per heavy atom. The number of hydrogen-bond acceptors (Lipinski definition) is 4. The number of fused-ring (bicyclic) bond motifs is 1. The number of amides is 1. The SMILES string of the molecule is C=C(C(=O)Nc1cccc(B(O)O)c1)[C@@H]1CC[C@H](C)[C@@H]2CC(=O)C(C)=C2C1. The van der Waals surface area contributed by atoms with Crippen molar-refractivity contribution in [1.82, 2.24) is 0 Å². The van der Waals surface area contributed by atoms with E-state index < -0.39 is 7.12 Å². The van der Waals surface area contributed by atoms with E-state index in [4.69, 9.17) is 0 Å². The summed E-state index contributed by atoms with van der Waals surface area (Å²) < 4.78 is 0. The third-order valence-corrected chi connectivity index (χ3v) is 6.10. The Hall–Kier alpha value is -2.18. The van der Waals surface area contributed by atoms with E-state index in [1.54, 1.807) is 18.2 Å². The minimum absolute atomic E-state index is 0.0138. The van der Waals surface area contributed by atoms with Crippen molar-refractivity contribution in [2.45, 2.75) is 39.5 Å². The van der Waals surface area contributed by atoms with Gasteiger partial charge in [-0.05, 0) is 67.1 Å². The maximum Gasteiger partial charge on any atom is 0.488 e. The minimum Gasteiger partial charge on any atom is -0.423 e. The second-order valence-electron chi connectivity index (χ2n) is 7.82. The highest BCUT2D eigenvalue weighted by Gasteiger charge is 2.38. The minimum atomic E-state index is -1.58. The van der Waals surface area contributed by atoms with Gasteiger partial charge in [0.25, 0.3) is 5.91 Å². The quantitative estimate of drug-likeness (QED) is 0.563. The number of carbonyl (C=O) groups excluding carboxylic acids is 2. The predicted molar refractivity (Wildman–Crippen MR) is 106 cm³/mol. The molecule has 2 aliphatic carbocycles. The van der Waals surface area contributed by atoms with Crippen molar-refractivity contribution in [3.8, 4) is 0 Å². The van der Waals surface area contributed by atoms with Gasteiger partial charge in [-0.2, -0.15) is 0 Å². The summed E-state index contributed by atoms with van der Waals surface area (Å²) in [6.07, 6.45) is 3.17. The average Bonchev–Trinajstić information content (AvgIpc) is 2.82. The van der Waals surface area contributed by atoms with Crippen LogP contribution in [-0.4, -0.2) is 28.9 Å². The Morgan fingerprint density at radius 1 is 1.26 bits per heavy atom. The van der Waals surface area contributed by atoms with Gasteiger partial charge in [-0.1, -0.05) is 31.2 Å². The van der Waals surface area contributed by atoms with Crippen LogP contribution in [0.15, 0.2) is 47.6 Å². The third kappa shape index (κ3) is 4.07. The van der Waals surface area contributed by atoms with Crippen LogP contribution in [0.4, 0.5) is 5.69 Å². The molecule has 1 fully saturated rings. The van der Waals surface area contributed by atoms with Crippen molar-refractivity contribution < 1.29 is 19.6 Å². The number of ketones is 1. The number of allylic oxidation sites excluding steroid dienone is 2. The van der Waals surface area contributed by atoms with Gasteiger partial charge in [0.1, 0.15) is 0 Å². The van der Waals surface area contributed by atoms with Crippen LogP contribution >= 0.6 is 0 Å². The first kappa shape index (κ1) is 19.6. The van der Waals surface area contributed by atoms with Crippen LogP contribution in [0, 0.1) is 17.8 Å². The molecule has 6 heteroatoms. The molecule has 1 aromatic carbocycles. The summed E-state index contributed by atoms with van der Waals surface area (Å²) in [6.45, 7) is 8.13. The fraction of sp³-hybridized carbons (Fsp3) is 0.429. The molecule has 5 nitrogen and oxygen atoms in total. The molecule has 0 unspecified atom stereocenters. The van der Waals surface area contributed by atoms with Gasteiger partial charge in [-0.3, -0.25) is 9.59 Å². The fourth-order valence-electron chi connectivity index (χ4n) is 4.29. The van der Waals surface area contributed by atoms with Crippen LogP contribution < -0.4 is 10.8 Å². The van der Waals surface area contributed by atoms with Crippen LogP contribution in [-0.2, 0) is 9.59 Å². The molecule has 3 N–H and O–H groups in total. The Morgan fingerprint density at radius 2 is 2.00 bits per heavy atom. The summed E-state index contributed by atoms with van der Waals surface area (Å²) in [6, 6.07) is 6.46. The Labute approximate surface area is 160 Å². The van der Waals surface area contributed by atoms with E-state index in [1.807, 2.05) is 6.92 Å². The van der Waals surface area contributed by atoms with Crippen LogP contribution in [0.25, 0.3) is 0 Å². The molecular weight excluding hydrogens is 341 g/mol. The number of Topliss-reactive ketones (excluding diaryl/α,β-unsaturated/α-hetero) is 1. The molecule has 1 amide bonds. The van der Waals surface area contributed by atoms with Crippen LogP contribution in [0.5, 0.6) is 0 Å². The van der Waals surface area contributed by atoms with Gasteiger partial charge in [0.2, 0.25) is 0 Å². The molecule has 2 aliphatic rings. The highest BCUT2D eigenvalue weighted by Crippen LogP contribution is 2.45. The molecule has 1 aromatic rings. The zero-order chi connectivity index (χ0) is 19.7. The average molecular weight is 367 g/mol. The van der Waals surface area contributed by atoms with E-state index >= 15 is 0 Å². The lowest BCUT2D eigenvalue weighted by Crippen LogP contribution is -2.30. The van der Waals surface area contributed by atoms with E-state index in [2.05, 4.69) is 18.8 Å². The maximum absolute atomic E-state index is 12.7. The number of benzene rings is 1. The van der Waals surface area contributed by atoms with Crippen molar-refractivity contribution in [1.29, 1.82) is 0 Å². The molecule has 1 saturated carbocycles. The second-order valence-corrected chi connectivity index (χ2v) is 7.82. The summed E-state index contributed by atoms with van der Waals surface area (Å²) in [5.41, 5.74) is 3.40. The first-order valence-electron chi connectivity index (χ1n) is 9.47. The summed E-state index contributed by atoms with van der Waals surface area (Å²) in [5, 5.41) is 21.4. The monoisotopic (exact) mass is 367 g/mol. The first-order valence-corrected chi connectivity index (χ1v) is 9.47. The standard InChI is InChI=1S/C21H26BNO4/c1-12-7-8-15(9-19-14(3)20(24)11-18(12)19)13(2)21(25)23-17-6-4-5-16(10-17)22(26)27/h4-6,10,12,15,18,26-27H,2,7-9,11H2,1,3H3,(H,23,25)/t12-,15+,18-/m0/s1. The van der Waals surface area contributed by atoms with Crippen LogP contribution in [0.2, 0.25) is 0 Å². The lowest BCUT2D eigenvalue weighted by molar-refractivity contribution is -0.115. The molecule has 0 aliphatic heterocycles. The summed E-state index contributed by atoms with van der Waals surface area (Å²) in [5.74, 6) is 0.723. The Balaban J connectivity index is 1.74. The molecule has 0 saturated heterocycles. The van der Waals surface area contributed by atoms with Crippen molar-refractivity contribution in [3.05, 3.63) is 47.6 Å². The molecule has 3 rings (SSSR count). The van der Waals surface area contributed by atoms with Crippen molar-refractivity contribution in [3.63, 3.8) is 0 Å². The van der Waals surface area contributed by atoms with Gasteiger partial charge in [0.15, 0.2) is 5.78 Å². The molecular formula is C21H26BNO4. The van der Waals surface area contributed by atoms with Gasteiger partial charge in [0, 0.05) is 17.7 Å². The topological polar surface area (TPSA) is 86.6 Å². The third-order valence-electron chi connectivity index (χ3n) is 6.10. The van der Waals surface area contributed by atoms with E-state index in [9.17, 15) is 19.6 Å². The summed E-state index contributed by atoms with van der Waals surface area (Å²) >= 11 is 0. The normalized spacial score (nSPS) is 25.0. The van der Waals surface area contributed by atoms with E-state index in [1.165, 1.54) is 11.6 Å². The highest BCUT2D eigenvalue weighted by atomic mass is 16.4. The molecule has 142 valence electrons. The van der Waals surface area contributed by atoms with Crippen LogP contribution in [0.1, 0.15) is 39.5 Å². The Kier molecular flexibility index (Phi) is 5.68. The van der Waals surface area contributed by atoms with E-state index in [0.717, 1.165) is 18.4 Å². The Bertz CT molecular complexity index is 814. The molecule has 0 bridgehead atoms. The lowest BCUT2D eigenvalue weighted by atomic mass is 9.80. The number of carbonyl (C=O) groups is 2. The number of rotatable bonds is 4. The molecule has 0 aromatic heterocycles. The zero-order valence-electron chi connectivity index (χ0n) is 15.9. The number of anilines is 1. The fourth-order valence-corrected chi connectivity index (χ4v) is 4.29. The van der Waals surface area contributed by atoms with Gasteiger partial charge in [-0.15, -0.1) is 0 Å². The number of nitrogens with one attached hydrogen (secondary N) is 1. The van der Waals surface area contributed by atoms with E-state index in [0.29, 0.717) is 41.4 Å². The largest absolute Gasteiger partial charge is 0.488 e. The highest BCUT2D eigenvalue weighted by molar-refractivity contribution is 6.58. The molecule has 0 radical (unpaired) electrons. The first-order chi connectivity index (χ1) is 12.8.